The molecule has 2 rings (SSSR count). The zero-order chi connectivity index (χ0) is 14.5. The monoisotopic (exact) mass is 270 g/mol. The summed E-state index contributed by atoms with van der Waals surface area (Å²) in [6, 6.07) is 11.7. The predicted molar refractivity (Wildman–Crippen MR) is 79.7 cm³/mol. The number of carbonyl (C=O) groups excluding carboxylic acids is 1. The summed E-state index contributed by atoms with van der Waals surface area (Å²) in [7, 11) is 3.15. The van der Waals surface area contributed by atoms with E-state index in [9.17, 15) is 4.79 Å². The Balaban J connectivity index is 2.62. The van der Waals surface area contributed by atoms with Gasteiger partial charge in [0.25, 0.3) is 0 Å². The Morgan fingerprint density at radius 1 is 1.05 bits per heavy atom. The fraction of sp³-hybridized carbons (Fsp3) is 0.235. The number of benzene rings is 2. The molecule has 0 radical (unpaired) electrons. The topological polar surface area (TPSA) is 35.5 Å². The van der Waals surface area contributed by atoms with Gasteiger partial charge in [-0.25, -0.2) is 0 Å². The number of carbonyl (C=O) groups is 1. The van der Waals surface area contributed by atoms with E-state index in [2.05, 4.69) is 19.1 Å². The molecule has 2 aromatic rings. The van der Waals surface area contributed by atoms with Crippen molar-refractivity contribution >= 4 is 6.29 Å². The summed E-state index contributed by atoms with van der Waals surface area (Å²) in [5.41, 5.74) is 3.69. The number of ether oxygens (including phenoxy) is 2. The summed E-state index contributed by atoms with van der Waals surface area (Å²) in [6.07, 6.45) is 1.80. The van der Waals surface area contributed by atoms with Crippen molar-refractivity contribution < 1.29 is 14.3 Å². The Hall–Kier alpha value is -2.29. The first-order valence-corrected chi connectivity index (χ1v) is 6.54. The first-order valence-electron chi connectivity index (χ1n) is 6.54. The van der Waals surface area contributed by atoms with E-state index in [1.807, 2.05) is 18.2 Å². The first kappa shape index (κ1) is 14.1. The first-order chi connectivity index (χ1) is 9.73. The third-order valence-corrected chi connectivity index (χ3v) is 3.33. The highest BCUT2D eigenvalue weighted by Crippen LogP contribution is 2.35. The molecule has 0 heterocycles. The molecule has 0 bridgehead atoms. The second-order valence-corrected chi connectivity index (χ2v) is 4.47. The third kappa shape index (κ3) is 2.67. The molecule has 0 aromatic heterocycles. The molecule has 0 fully saturated rings. The average molecular weight is 270 g/mol. The number of aryl methyl sites for hydroxylation is 1. The van der Waals surface area contributed by atoms with Gasteiger partial charge in [-0.1, -0.05) is 31.2 Å². The highest BCUT2D eigenvalue weighted by Gasteiger charge is 2.12. The fourth-order valence-corrected chi connectivity index (χ4v) is 2.20. The summed E-state index contributed by atoms with van der Waals surface area (Å²) in [6.45, 7) is 2.11. The van der Waals surface area contributed by atoms with Gasteiger partial charge in [0.1, 0.15) is 0 Å². The lowest BCUT2D eigenvalue weighted by molar-refractivity contribution is 0.112. The van der Waals surface area contributed by atoms with Crippen molar-refractivity contribution in [2.75, 3.05) is 14.2 Å². The van der Waals surface area contributed by atoms with Crippen molar-refractivity contribution in [1.82, 2.24) is 0 Å². The van der Waals surface area contributed by atoms with Crippen molar-refractivity contribution in [3.05, 3.63) is 47.5 Å². The molecule has 0 atom stereocenters. The van der Waals surface area contributed by atoms with E-state index in [0.717, 1.165) is 23.8 Å². The molecule has 0 amide bonds. The van der Waals surface area contributed by atoms with Gasteiger partial charge in [0.15, 0.2) is 17.8 Å². The number of hydrogen-bond donors (Lipinski definition) is 0. The zero-order valence-electron chi connectivity index (χ0n) is 12.0. The van der Waals surface area contributed by atoms with Crippen LogP contribution >= 0.6 is 0 Å². The Kier molecular flexibility index (Phi) is 4.41. The van der Waals surface area contributed by atoms with Gasteiger partial charge in [0, 0.05) is 5.56 Å². The van der Waals surface area contributed by atoms with Gasteiger partial charge in [-0.3, -0.25) is 4.79 Å². The maximum Gasteiger partial charge on any atom is 0.161 e. The third-order valence-electron chi connectivity index (χ3n) is 3.33. The average Bonchev–Trinajstić information content (AvgIpc) is 2.53. The van der Waals surface area contributed by atoms with Crippen LogP contribution in [0.1, 0.15) is 22.8 Å². The minimum atomic E-state index is 0.560. The second-order valence-electron chi connectivity index (χ2n) is 4.47. The van der Waals surface area contributed by atoms with E-state index >= 15 is 0 Å². The SMILES string of the molecule is CCc1cccc(-c2cc(OC)c(OC)cc2C=O)c1. The standard InChI is InChI=1S/C17H18O3/c1-4-12-6-5-7-13(8-12)15-10-17(20-3)16(19-2)9-14(15)11-18/h5-11H,4H2,1-3H3. The summed E-state index contributed by atoms with van der Waals surface area (Å²) in [5.74, 6) is 1.18. The molecule has 3 nitrogen and oxygen atoms in total. The normalized spacial score (nSPS) is 10.2. The van der Waals surface area contributed by atoms with E-state index in [0.29, 0.717) is 17.1 Å². The van der Waals surface area contributed by atoms with Crippen molar-refractivity contribution in [2.24, 2.45) is 0 Å². The van der Waals surface area contributed by atoms with Crippen molar-refractivity contribution in [2.45, 2.75) is 13.3 Å². The van der Waals surface area contributed by atoms with Crippen LogP contribution in [0.4, 0.5) is 0 Å². The molecule has 0 aliphatic carbocycles. The molecule has 20 heavy (non-hydrogen) atoms. The van der Waals surface area contributed by atoms with Gasteiger partial charge >= 0.3 is 0 Å². The van der Waals surface area contributed by atoms with Crippen LogP contribution < -0.4 is 9.47 Å². The second kappa shape index (κ2) is 6.24. The van der Waals surface area contributed by atoms with Crippen LogP contribution in [0.3, 0.4) is 0 Å². The van der Waals surface area contributed by atoms with Gasteiger partial charge in [0.2, 0.25) is 0 Å². The van der Waals surface area contributed by atoms with E-state index in [4.69, 9.17) is 9.47 Å². The number of aldehydes is 1. The molecule has 0 aliphatic rings. The van der Waals surface area contributed by atoms with Crippen LogP contribution in [0.25, 0.3) is 11.1 Å². The molecule has 0 spiro atoms. The summed E-state index contributed by atoms with van der Waals surface area (Å²) in [5, 5.41) is 0. The summed E-state index contributed by atoms with van der Waals surface area (Å²) in [4.78, 5) is 11.3. The molecule has 104 valence electrons. The molecular formula is C17H18O3. The minimum absolute atomic E-state index is 0.560. The van der Waals surface area contributed by atoms with Gasteiger partial charge in [0.05, 0.1) is 14.2 Å². The highest BCUT2D eigenvalue weighted by molar-refractivity contribution is 5.89. The summed E-state index contributed by atoms with van der Waals surface area (Å²) >= 11 is 0. The molecular weight excluding hydrogens is 252 g/mol. The Morgan fingerprint density at radius 3 is 2.35 bits per heavy atom. The van der Waals surface area contributed by atoms with Crippen molar-refractivity contribution in [3.8, 4) is 22.6 Å². The molecule has 0 saturated heterocycles. The zero-order valence-corrected chi connectivity index (χ0v) is 12.0. The van der Waals surface area contributed by atoms with Crippen LogP contribution in [0, 0.1) is 0 Å². The van der Waals surface area contributed by atoms with Crippen molar-refractivity contribution in [3.63, 3.8) is 0 Å². The van der Waals surface area contributed by atoms with Gasteiger partial charge in [-0.05, 0) is 35.2 Å². The van der Waals surface area contributed by atoms with E-state index in [-0.39, 0.29) is 0 Å². The van der Waals surface area contributed by atoms with Crippen LogP contribution in [-0.4, -0.2) is 20.5 Å². The molecule has 2 aromatic carbocycles. The Labute approximate surface area is 119 Å². The molecule has 0 unspecified atom stereocenters. The minimum Gasteiger partial charge on any atom is -0.493 e. The van der Waals surface area contributed by atoms with Crippen molar-refractivity contribution in [1.29, 1.82) is 0 Å². The van der Waals surface area contributed by atoms with Crippen LogP contribution in [0.2, 0.25) is 0 Å². The van der Waals surface area contributed by atoms with E-state index in [1.54, 1.807) is 20.3 Å². The lowest BCUT2D eigenvalue weighted by Crippen LogP contribution is -1.95. The number of rotatable bonds is 5. The van der Waals surface area contributed by atoms with Crippen LogP contribution in [0.5, 0.6) is 11.5 Å². The summed E-state index contributed by atoms with van der Waals surface area (Å²) < 4.78 is 10.5. The van der Waals surface area contributed by atoms with Crippen LogP contribution in [-0.2, 0) is 6.42 Å². The lowest BCUT2D eigenvalue weighted by atomic mass is 9.97. The molecule has 0 N–H and O–H groups in total. The van der Waals surface area contributed by atoms with E-state index in [1.165, 1.54) is 5.56 Å². The Bertz CT molecular complexity index is 618. The highest BCUT2D eigenvalue weighted by atomic mass is 16.5. The lowest BCUT2D eigenvalue weighted by Gasteiger charge is -2.13. The smallest absolute Gasteiger partial charge is 0.161 e. The largest absolute Gasteiger partial charge is 0.493 e. The maximum atomic E-state index is 11.3. The quantitative estimate of drug-likeness (QED) is 0.776. The Morgan fingerprint density at radius 2 is 1.75 bits per heavy atom. The molecule has 0 saturated carbocycles. The maximum absolute atomic E-state index is 11.3. The molecule has 0 aliphatic heterocycles. The fourth-order valence-electron chi connectivity index (χ4n) is 2.20. The van der Waals surface area contributed by atoms with Gasteiger partial charge in [-0.15, -0.1) is 0 Å². The van der Waals surface area contributed by atoms with E-state index < -0.39 is 0 Å². The van der Waals surface area contributed by atoms with Crippen LogP contribution in [0.15, 0.2) is 36.4 Å². The molecule has 3 heteroatoms. The number of methoxy groups -OCH3 is 2. The number of hydrogen-bond acceptors (Lipinski definition) is 3. The predicted octanol–water partition coefficient (Wildman–Crippen LogP) is 3.75. The van der Waals surface area contributed by atoms with Gasteiger partial charge < -0.3 is 9.47 Å². The van der Waals surface area contributed by atoms with Gasteiger partial charge in [-0.2, -0.15) is 0 Å².